The van der Waals surface area contributed by atoms with Crippen molar-refractivity contribution in [2.45, 2.75) is 32.8 Å². The summed E-state index contributed by atoms with van der Waals surface area (Å²) in [6.45, 7) is 7.26. The van der Waals surface area contributed by atoms with Gasteiger partial charge in [0.15, 0.2) is 0 Å². The van der Waals surface area contributed by atoms with Gasteiger partial charge in [-0.25, -0.2) is 4.79 Å². The van der Waals surface area contributed by atoms with Gasteiger partial charge in [-0.1, -0.05) is 0 Å². The number of carbonyl (C=O) groups excluding carboxylic acids is 1. The Bertz CT molecular complexity index is 283. The Morgan fingerprint density at radius 1 is 1.60 bits per heavy atom. The molecule has 1 saturated heterocycles. The van der Waals surface area contributed by atoms with E-state index in [-0.39, 0.29) is 11.5 Å². The number of carbonyl (C=O) groups is 1. The smallest absolute Gasteiger partial charge is 0.410 e. The van der Waals surface area contributed by atoms with E-state index < -0.39 is 5.60 Å². The fourth-order valence-corrected chi connectivity index (χ4v) is 2.68. The van der Waals surface area contributed by atoms with Gasteiger partial charge in [-0.05, 0) is 33.1 Å². The van der Waals surface area contributed by atoms with Crippen molar-refractivity contribution in [2.24, 2.45) is 11.3 Å². The zero-order valence-electron chi connectivity index (χ0n) is 9.55. The van der Waals surface area contributed by atoms with Crippen molar-refractivity contribution in [3.63, 3.8) is 0 Å². The molecule has 0 radical (unpaired) electrons. The molecule has 2 atom stereocenters. The first kappa shape index (κ1) is 11.1. The van der Waals surface area contributed by atoms with Gasteiger partial charge in [0.2, 0.25) is 0 Å². The Labute approximate surface area is 95.7 Å². The van der Waals surface area contributed by atoms with Crippen molar-refractivity contribution in [3.8, 4) is 0 Å². The Morgan fingerprint density at radius 2 is 2.27 bits per heavy atom. The van der Waals surface area contributed by atoms with Crippen LogP contribution in [-0.2, 0) is 4.74 Å². The van der Waals surface area contributed by atoms with E-state index in [4.69, 9.17) is 16.3 Å². The average Bonchev–Trinajstić information content (AvgIpc) is 2.66. The number of ether oxygens (including phenoxy) is 1. The summed E-state index contributed by atoms with van der Waals surface area (Å²) in [5.41, 5.74) is -0.184. The second-order valence-electron chi connectivity index (χ2n) is 5.76. The third kappa shape index (κ3) is 2.07. The quantitative estimate of drug-likeness (QED) is 0.649. The van der Waals surface area contributed by atoms with E-state index in [1.54, 1.807) is 4.90 Å². The van der Waals surface area contributed by atoms with E-state index in [0.717, 1.165) is 13.1 Å². The normalized spacial score (nSPS) is 33.9. The van der Waals surface area contributed by atoms with Gasteiger partial charge in [-0.15, -0.1) is 11.6 Å². The Kier molecular flexibility index (Phi) is 2.41. The summed E-state index contributed by atoms with van der Waals surface area (Å²) < 4.78 is 5.32. The molecule has 0 bridgehead atoms. The lowest BCUT2D eigenvalue weighted by molar-refractivity contribution is 0.0264. The monoisotopic (exact) mass is 231 g/mol. The van der Waals surface area contributed by atoms with Gasteiger partial charge in [-0.3, -0.25) is 0 Å². The van der Waals surface area contributed by atoms with Crippen LogP contribution in [0, 0.1) is 11.3 Å². The van der Waals surface area contributed by atoms with Crippen molar-refractivity contribution in [1.82, 2.24) is 4.90 Å². The number of hydrogen-bond donors (Lipinski definition) is 0. The number of hydrogen-bond acceptors (Lipinski definition) is 2. The highest BCUT2D eigenvalue weighted by Crippen LogP contribution is 2.58. The molecule has 2 rings (SSSR count). The van der Waals surface area contributed by atoms with Gasteiger partial charge < -0.3 is 9.64 Å². The molecule has 86 valence electrons. The van der Waals surface area contributed by atoms with E-state index >= 15 is 0 Å². The highest BCUT2D eigenvalue weighted by molar-refractivity contribution is 6.18. The number of piperidine rings is 1. The maximum atomic E-state index is 11.7. The molecule has 1 saturated carbocycles. The molecule has 1 heterocycles. The van der Waals surface area contributed by atoms with Crippen LogP contribution < -0.4 is 0 Å². The first-order valence-electron chi connectivity index (χ1n) is 5.40. The highest BCUT2D eigenvalue weighted by Gasteiger charge is 2.60. The van der Waals surface area contributed by atoms with Gasteiger partial charge in [0.05, 0.1) is 0 Å². The molecule has 4 heteroatoms. The lowest BCUT2D eigenvalue weighted by Gasteiger charge is -2.26. The van der Waals surface area contributed by atoms with E-state index in [1.165, 1.54) is 6.42 Å². The molecule has 0 aromatic carbocycles. The van der Waals surface area contributed by atoms with Gasteiger partial charge in [0.1, 0.15) is 5.60 Å². The molecular weight excluding hydrogens is 214 g/mol. The van der Waals surface area contributed by atoms with Gasteiger partial charge >= 0.3 is 6.09 Å². The van der Waals surface area contributed by atoms with Crippen LogP contribution in [0.4, 0.5) is 4.79 Å². The van der Waals surface area contributed by atoms with Crippen LogP contribution in [0.2, 0.25) is 0 Å². The molecule has 1 aliphatic heterocycles. The maximum absolute atomic E-state index is 11.7. The SMILES string of the molecule is CC(C)(C)OC(=O)N1CC2CC2(CCl)C1. The average molecular weight is 232 g/mol. The molecule has 0 aromatic heterocycles. The predicted molar refractivity (Wildman–Crippen MR) is 59.1 cm³/mol. The molecule has 1 aliphatic carbocycles. The Balaban J connectivity index is 1.90. The van der Waals surface area contributed by atoms with Gasteiger partial charge in [-0.2, -0.15) is 0 Å². The minimum atomic E-state index is -0.405. The summed E-state index contributed by atoms with van der Waals surface area (Å²) in [4.78, 5) is 13.5. The van der Waals surface area contributed by atoms with Crippen molar-refractivity contribution < 1.29 is 9.53 Å². The minimum Gasteiger partial charge on any atom is -0.444 e. The lowest BCUT2D eigenvalue weighted by atomic mass is 10.1. The molecule has 2 fully saturated rings. The standard InChI is InChI=1S/C11H18ClNO2/c1-10(2,3)15-9(14)13-5-8-4-11(8,6-12)7-13/h8H,4-7H2,1-3H3. The second kappa shape index (κ2) is 3.27. The van der Waals surface area contributed by atoms with Crippen LogP contribution in [0.25, 0.3) is 0 Å². The second-order valence-corrected chi connectivity index (χ2v) is 6.03. The van der Waals surface area contributed by atoms with Crippen LogP contribution in [0.5, 0.6) is 0 Å². The van der Waals surface area contributed by atoms with Crippen LogP contribution in [0.1, 0.15) is 27.2 Å². The third-order valence-electron chi connectivity index (χ3n) is 3.22. The third-order valence-corrected chi connectivity index (χ3v) is 3.76. The van der Waals surface area contributed by atoms with Gasteiger partial charge in [0, 0.05) is 24.4 Å². The summed E-state index contributed by atoms with van der Waals surface area (Å²) >= 11 is 5.91. The fourth-order valence-electron chi connectivity index (χ4n) is 2.27. The molecule has 2 unspecified atom stereocenters. The number of amides is 1. The topological polar surface area (TPSA) is 29.5 Å². The zero-order valence-corrected chi connectivity index (χ0v) is 10.3. The van der Waals surface area contributed by atoms with Gasteiger partial charge in [0.25, 0.3) is 0 Å². The molecule has 0 N–H and O–H groups in total. The van der Waals surface area contributed by atoms with Crippen molar-refractivity contribution in [1.29, 1.82) is 0 Å². The molecule has 0 aromatic rings. The largest absolute Gasteiger partial charge is 0.444 e. The Morgan fingerprint density at radius 3 is 2.73 bits per heavy atom. The van der Waals surface area contributed by atoms with Crippen LogP contribution in [0.3, 0.4) is 0 Å². The van der Waals surface area contributed by atoms with E-state index in [2.05, 4.69) is 0 Å². The zero-order chi connectivity index (χ0) is 11.3. The molecule has 15 heavy (non-hydrogen) atoms. The summed E-state index contributed by atoms with van der Waals surface area (Å²) in [6, 6.07) is 0. The summed E-state index contributed by atoms with van der Waals surface area (Å²) in [5, 5.41) is 0. The summed E-state index contributed by atoms with van der Waals surface area (Å²) in [5.74, 6) is 1.28. The van der Waals surface area contributed by atoms with Crippen molar-refractivity contribution in [3.05, 3.63) is 0 Å². The van der Waals surface area contributed by atoms with Crippen LogP contribution in [0.15, 0.2) is 0 Å². The summed E-state index contributed by atoms with van der Waals surface area (Å²) in [6.07, 6.45) is 0.981. The van der Waals surface area contributed by atoms with E-state index in [9.17, 15) is 4.79 Å². The molecular formula is C11H18ClNO2. The number of nitrogens with zero attached hydrogens (tertiary/aromatic N) is 1. The molecule has 2 aliphatic rings. The molecule has 0 spiro atoms. The minimum absolute atomic E-state index is 0.195. The van der Waals surface area contributed by atoms with Crippen LogP contribution in [-0.4, -0.2) is 35.6 Å². The number of likely N-dealkylation sites (tertiary alicyclic amines) is 1. The maximum Gasteiger partial charge on any atom is 0.410 e. The van der Waals surface area contributed by atoms with Crippen molar-refractivity contribution in [2.75, 3.05) is 19.0 Å². The number of fused-ring (bicyclic) bond motifs is 1. The highest BCUT2D eigenvalue weighted by atomic mass is 35.5. The molecule has 3 nitrogen and oxygen atoms in total. The number of rotatable bonds is 1. The lowest BCUT2D eigenvalue weighted by Crippen LogP contribution is -2.37. The number of alkyl halides is 1. The van der Waals surface area contributed by atoms with E-state index in [1.807, 2.05) is 20.8 Å². The summed E-state index contributed by atoms with van der Waals surface area (Å²) in [7, 11) is 0. The first-order chi connectivity index (χ1) is 6.86. The Hall–Kier alpha value is -0.440. The number of halogens is 1. The predicted octanol–water partition coefficient (Wildman–Crippen LogP) is 2.48. The van der Waals surface area contributed by atoms with Crippen LogP contribution >= 0.6 is 11.6 Å². The molecule has 1 amide bonds. The first-order valence-corrected chi connectivity index (χ1v) is 5.94. The van der Waals surface area contributed by atoms with E-state index in [0.29, 0.717) is 11.8 Å². The van der Waals surface area contributed by atoms with Crippen molar-refractivity contribution >= 4 is 17.7 Å². The fraction of sp³-hybridized carbons (Fsp3) is 0.909.